The van der Waals surface area contributed by atoms with Gasteiger partial charge in [0.25, 0.3) is 0 Å². The minimum atomic E-state index is -0.203. The smallest absolute Gasteiger partial charge is 0.134 e. The predicted octanol–water partition coefficient (Wildman–Crippen LogP) is 8.21. The van der Waals surface area contributed by atoms with Gasteiger partial charge in [-0.05, 0) is 54.4 Å². The summed E-state index contributed by atoms with van der Waals surface area (Å²) < 4.78 is 20.6. The van der Waals surface area contributed by atoms with Crippen molar-refractivity contribution in [3.05, 3.63) is 53.8 Å². The van der Waals surface area contributed by atoms with Crippen LogP contribution in [-0.4, -0.2) is 6.61 Å². The minimum absolute atomic E-state index is 0.203. The highest BCUT2D eigenvalue weighted by Crippen LogP contribution is 2.33. The Kier molecular flexibility index (Phi) is 8.58. The van der Waals surface area contributed by atoms with Crippen LogP contribution in [0.2, 0.25) is 0 Å². The van der Waals surface area contributed by atoms with E-state index in [0.29, 0.717) is 23.8 Å². The summed E-state index contributed by atoms with van der Waals surface area (Å²) in [5.41, 5.74) is 2.87. The van der Waals surface area contributed by atoms with Crippen molar-refractivity contribution in [1.29, 1.82) is 0 Å². The first-order valence-electron chi connectivity index (χ1n) is 11.7. The van der Waals surface area contributed by atoms with Crippen molar-refractivity contribution in [1.82, 2.24) is 0 Å². The van der Waals surface area contributed by atoms with E-state index in [1.165, 1.54) is 56.9 Å². The molecule has 1 aliphatic rings. The van der Waals surface area contributed by atoms with E-state index in [4.69, 9.17) is 4.74 Å². The number of ether oxygens (including phenoxy) is 1. The lowest BCUT2D eigenvalue weighted by Gasteiger charge is -2.28. The van der Waals surface area contributed by atoms with Gasteiger partial charge in [-0.2, -0.15) is 0 Å². The van der Waals surface area contributed by atoms with Crippen LogP contribution in [0.5, 0.6) is 5.75 Å². The number of unbranched alkanes of at least 4 members (excludes halogenated alkanes) is 2. The number of halogens is 1. The lowest BCUT2D eigenvalue weighted by molar-refractivity contribution is 0.177. The SMILES string of the molecule is CCCCC[C@H]1CC[C@H](COc2ccc(-c3ccc(CCC)cc3)c(F)c2)CC1. The monoisotopic (exact) mass is 396 g/mol. The van der Waals surface area contributed by atoms with E-state index >= 15 is 0 Å². The second-order valence-corrected chi connectivity index (χ2v) is 8.78. The minimum Gasteiger partial charge on any atom is -0.493 e. The van der Waals surface area contributed by atoms with Crippen molar-refractivity contribution in [2.24, 2.45) is 11.8 Å². The first-order valence-corrected chi connectivity index (χ1v) is 11.7. The highest BCUT2D eigenvalue weighted by atomic mass is 19.1. The highest BCUT2D eigenvalue weighted by Gasteiger charge is 2.21. The molecule has 0 saturated heterocycles. The summed E-state index contributed by atoms with van der Waals surface area (Å²) in [6.07, 6.45) is 12.8. The first kappa shape index (κ1) is 21.9. The van der Waals surface area contributed by atoms with Gasteiger partial charge in [0.15, 0.2) is 0 Å². The van der Waals surface area contributed by atoms with E-state index in [2.05, 4.69) is 26.0 Å². The van der Waals surface area contributed by atoms with Gasteiger partial charge in [-0.1, -0.05) is 83.1 Å². The molecule has 0 amide bonds. The Morgan fingerprint density at radius 3 is 2.24 bits per heavy atom. The van der Waals surface area contributed by atoms with Gasteiger partial charge in [-0.25, -0.2) is 4.39 Å². The van der Waals surface area contributed by atoms with E-state index in [9.17, 15) is 4.39 Å². The molecule has 0 heterocycles. The van der Waals surface area contributed by atoms with Gasteiger partial charge < -0.3 is 4.74 Å². The quantitative estimate of drug-likeness (QED) is 0.368. The van der Waals surface area contributed by atoms with Crippen LogP contribution in [0.4, 0.5) is 4.39 Å². The van der Waals surface area contributed by atoms with Crippen LogP contribution in [0.3, 0.4) is 0 Å². The molecule has 2 aromatic rings. The van der Waals surface area contributed by atoms with Crippen LogP contribution in [0.25, 0.3) is 11.1 Å². The molecule has 158 valence electrons. The maximum absolute atomic E-state index is 14.7. The summed E-state index contributed by atoms with van der Waals surface area (Å²) in [5, 5.41) is 0. The van der Waals surface area contributed by atoms with Crippen molar-refractivity contribution in [2.75, 3.05) is 6.61 Å². The normalized spacial score (nSPS) is 19.3. The van der Waals surface area contributed by atoms with Gasteiger partial charge in [0, 0.05) is 11.6 Å². The molecule has 0 radical (unpaired) electrons. The Bertz CT molecular complexity index is 729. The number of aryl methyl sites for hydroxylation is 1. The third-order valence-corrected chi connectivity index (χ3v) is 6.41. The van der Waals surface area contributed by atoms with Crippen molar-refractivity contribution in [3.63, 3.8) is 0 Å². The number of benzene rings is 2. The molecule has 0 bridgehead atoms. The fraction of sp³-hybridized carbons (Fsp3) is 0.556. The molecule has 1 nitrogen and oxygen atoms in total. The summed E-state index contributed by atoms with van der Waals surface area (Å²) in [6, 6.07) is 13.5. The average molecular weight is 397 g/mol. The van der Waals surface area contributed by atoms with E-state index in [1.807, 2.05) is 24.3 Å². The molecule has 0 N–H and O–H groups in total. The molecule has 2 aromatic carbocycles. The third kappa shape index (κ3) is 6.59. The summed E-state index contributed by atoms with van der Waals surface area (Å²) in [6.45, 7) is 5.16. The van der Waals surface area contributed by atoms with Crippen LogP contribution < -0.4 is 4.74 Å². The summed E-state index contributed by atoms with van der Waals surface area (Å²) >= 11 is 0. The molecule has 0 unspecified atom stereocenters. The molecule has 1 aliphatic carbocycles. The van der Waals surface area contributed by atoms with Crippen LogP contribution in [0, 0.1) is 17.7 Å². The number of hydrogen-bond acceptors (Lipinski definition) is 1. The van der Waals surface area contributed by atoms with Crippen molar-refractivity contribution < 1.29 is 9.13 Å². The van der Waals surface area contributed by atoms with Crippen molar-refractivity contribution in [2.45, 2.75) is 78.1 Å². The summed E-state index contributed by atoms with van der Waals surface area (Å²) in [5.74, 6) is 1.98. The molecular formula is C27H37FO. The maximum Gasteiger partial charge on any atom is 0.134 e. The van der Waals surface area contributed by atoms with Gasteiger partial charge in [-0.3, -0.25) is 0 Å². The van der Waals surface area contributed by atoms with Gasteiger partial charge in [0.05, 0.1) is 6.61 Å². The molecule has 3 rings (SSSR count). The van der Waals surface area contributed by atoms with Gasteiger partial charge in [0.1, 0.15) is 11.6 Å². The van der Waals surface area contributed by atoms with Crippen LogP contribution in [-0.2, 0) is 6.42 Å². The number of hydrogen-bond donors (Lipinski definition) is 0. The van der Waals surface area contributed by atoms with E-state index in [0.717, 1.165) is 24.3 Å². The van der Waals surface area contributed by atoms with Crippen molar-refractivity contribution in [3.8, 4) is 16.9 Å². The van der Waals surface area contributed by atoms with Gasteiger partial charge in [0.2, 0.25) is 0 Å². The third-order valence-electron chi connectivity index (χ3n) is 6.41. The van der Waals surface area contributed by atoms with Crippen LogP contribution in [0.15, 0.2) is 42.5 Å². The molecule has 0 atom stereocenters. The fourth-order valence-electron chi connectivity index (χ4n) is 4.54. The standard InChI is InChI=1S/C27H37FO/c1-3-5-6-8-22-9-11-23(12-10-22)20-29-25-17-18-26(27(28)19-25)24-15-13-21(7-4-2)14-16-24/h13-19,22-23H,3-12,20H2,1-2H3/t22-,23-. The van der Waals surface area contributed by atoms with Gasteiger partial charge >= 0.3 is 0 Å². The highest BCUT2D eigenvalue weighted by molar-refractivity contribution is 5.65. The average Bonchev–Trinajstić information content (AvgIpc) is 2.74. The lowest BCUT2D eigenvalue weighted by Crippen LogP contribution is -2.20. The van der Waals surface area contributed by atoms with Crippen molar-refractivity contribution >= 4 is 0 Å². The molecule has 1 fully saturated rings. The van der Waals surface area contributed by atoms with Crippen LogP contribution >= 0.6 is 0 Å². The summed E-state index contributed by atoms with van der Waals surface area (Å²) in [7, 11) is 0. The zero-order valence-electron chi connectivity index (χ0n) is 18.3. The molecule has 2 heteroatoms. The topological polar surface area (TPSA) is 9.23 Å². The zero-order valence-corrected chi connectivity index (χ0v) is 18.3. The molecule has 1 saturated carbocycles. The molecule has 0 spiro atoms. The lowest BCUT2D eigenvalue weighted by atomic mass is 9.80. The van der Waals surface area contributed by atoms with Gasteiger partial charge in [-0.15, -0.1) is 0 Å². The Hall–Kier alpha value is -1.83. The summed E-state index contributed by atoms with van der Waals surface area (Å²) in [4.78, 5) is 0. The number of rotatable bonds is 10. The molecule has 0 aromatic heterocycles. The Labute approximate surface area is 176 Å². The zero-order chi connectivity index (χ0) is 20.5. The maximum atomic E-state index is 14.7. The fourth-order valence-corrected chi connectivity index (χ4v) is 4.54. The largest absolute Gasteiger partial charge is 0.493 e. The van der Waals surface area contributed by atoms with Crippen LogP contribution in [0.1, 0.15) is 77.2 Å². The molecule has 0 aliphatic heterocycles. The first-order chi connectivity index (χ1) is 14.2. The van der Waals surface area contributed by atoms with E-state index in [1.54, 1.807) is 6.07 Å². The Morgan fingerprint density at radius 2 is 1.59 bits per heavy atom. The van der Waals surface area contributed by atoms with E-state index < -0.39 is 0 Å². The van der Waals surface area contributed by atoms with E-state index in [-0.39, 0.29) is 5.82 Å². The second-order valence-electron chi connectivity index (χ2n) is 8.78. The molecular weight excluding hydrogens is 359 g/mol. The Balaban J connectivity index is 1.48. The Morgan fingerprint density at radius 1 is 0.862 bits per heavy atom. The predicted molar refractivity (Wildman–Crippen MR) is 121 cm³/mol. The molecule has 29 heavy (non-hydrogen) atoms. The second kappa shape index (κ2) is 11.4.